The van der Waals surface area contributed by atoms with E-state index in [1.165, 1.54) is 11.1 Å². The first-order chi connectivity index (χ1) is 7.54. The van der Waals surface area contributed by atoms with Crippen molar-refractivity contribution in [2.75, 3.05) is 13.6 Å². The molecule has 0 aliphatic heterocycles. The number of carbonyl (C=O) groups excluding carboxylic acids is 1. The number of benzene rings is 1. The Morgan fingerprint density at radius 1 is 1.38 bits per heavy atom. The third-order valence-electron chi connectivity index (χ3n) is 2.93. The lowest BCUT2D eigenvalue weighted by Gasteiger charge is -2.11. The first-order valence-electron chi connectivity index (χ1n) is 5.78. The summed E-state index contributed by atoms with van der Waals surface area (Å²) in [6.45, 7) is 6.85. The quantitative estimate of drug-likeness (QED) is 0.823. The first kappa shape index (κ1) is 12.9. The zero-order chi connectivity index (χ0) is 12.1. The van der Waals surface area contributed by atoms with Gasteiger partial charge in [0.2, 0.25) is 0 Å². The number of ketones is 1. The van der Waals surface area contributed by atoms with Crippen molar-refractivity contribution in [3.63, 3.8) is 0 Å². The maximum atomic E-state index is 11.9. The van der Waals surface area contributed by atoms with Crippen LogP contribution in [0.4, 0.5) is 0 Å². The van der Waals surface area contributed by atoms with Crippen LogP contribution >= 0.6 is 0 Å². The van der Waals surface area contributed by atoms with Crippen molar-refractivity contribution in [2.24, 2.45) is 5.92 Å². The first-order valence-corrected chi connectivity index (χ1v) is 5.78. The molecule has 0 radical (unpaired) electrons. The lowest BCUT2D eigenvalue weighted by atomic mass is 9.95. The van der Waals surface area contributed by atoms with Crippen molar-refractivity contribution >= 4 is 5.78 Å². The fourth-order valence-electron chi connectivity index (χ4n) is 1.77. The molecule has 0 heterocycles. The smallest absolute Gasteiger partial charge is 0.141 e. The molecular formula is C14H21NO. The fourth-order valence-corrected chi connectivity index (χ4v) is 1.77. The van der Waals surface area contributed by atoms with E-state index in [4.69, 9.17) is 0 Å². The molecule has 0 saturated heterocycles. The van der Waals surface area contributed by atoms with Gasteiger partial charge in [-0.25, -0.2) is 0 Å². The Morgan fingerprint density at radius 2 is 2.06 bits per heavy atom. The van der Waals surface area contributed by atoms with Crippen molar-refractivity contribution < 1.29 is 4.79 Å². The minimum atomic E-state index is 0.0879. The minimum Gasteiger partial charge on any atom is -0.319 e. The number of aryl methyl sites for hydroxylation is 2. The molecule has 0 aliphatic rings. The highest BCUT2D eigenvalue weighted by atomic mass is 16.1. The van der Waals surface area contributed by atoms with Crippen molar-refractivity contribution in [1.82, 2.24) is 5.32 Å². The summed E-state index contributed by atoms with van der Waals surface area (Å²) >= 11 is 0. The van der Waals surface area contributed by atoms with Crippen LogP contribution in [0.5, 0.6) is 0 Å². The fraction of sp³-hybridized carbons (Fsp3) is 0.500. The highest BCUT2D eigenvalue weighted by Gasteiger charge is 2.13. The van der Waals surface area contributed by atoms with Gasteiger partial charge in [-0.15, -0.1) is 0 Å². The molecule has 0 spiro atoms. The molecular weight excluding hydrogens is 198 g/mol. The summed E-state index contributed by atoms with van der Waals surface area (Å²) in [5, 5.41) is 3.04. The van der Waals surface area contributed by atoms with Gasteiger partial charge in [0.15, 0.2) is 0 Å². The Bertz CT molecular complexity index is 371. The Hall–Kier alpha value is -1.15. The van der Waals surface area contributed by atoms with Crippen LogP contribution in [0.3, 0.4) is 0 Å². The molecule has 1 atom stereocenters. The van der Waals surface area contributed by atoms with Gasteiger partial charge in [0.1, 0.15) is 5.78 Å². The standard InChI is InChI=1S/C14H21NO/c1-10-5-6-11(2)13(7-10)8-14(16)12(3)9-15-4/h5-7,12,15H,8-9H2,1-4H3. The Kier molecular flexibility index (Phi) is 4.69. The van der Waals surface area contributed by atoms with Gasteiger partial charge in [0, 0.05) is 18.9 Å². The third kappa shape index (κ3) is 3.46. The van der Waals surface area contributed by atoms with Crippen LogP contribution in [0.2, 0.25) is 0 Å². The molecule has 2 nitrogen and oxygen atoms in total. The molecule has 16 heavy (non-hydrogen) atoms. The molecule has 1 aromatic rings. The topological polar surface area (TPSA) is 29.1 Å². The van der Waals surface area contributed by atoms with E-state index in [1.54, 1.807) is 0 Å². The van der Waals surface area contributed by atoms with Crippen LogP contribution in [0, 0.1) is 19.8 Å². The second-order valence-corrected chi connectivity index (χ2v) is 4.53. The van der Waals surface area contributed by atoms with Crippen LogP contribution in [0.1, 0.15) is 23.6 Å². The average Bonchev–Trinajstić information content (AvgIpc) is 2.23. The van der Waals surface area contributed by atoms with E-state index < -0.39 is 0 Å². The van der Waals surface area contributed by atoms with Gasteiger partial charge in [-0.05, 0) is 32.0 Å². The van der Waals surface area contributed by atoms with E-state index in [0.29, 0.717) is 12.2 Å². The van der Waals surface area contributed by atoms with Gasteiger partial charge in [0.05, 0.1) is 0 Å². The summed E-state index contributed by atoms with van der Waals surface area (Å²) in [6.07, 6.45) is 0.552. The van der Waals surface area contributed by atoms with Crippen LogP contribution < -0.4 is 5.32 Å². The molecule has 0 aliphatic carbocycles. The van der Waals surface area contributed by atoms with Crippen molar-refractivity contribution in [2.45, 2.75) is 27.2 Å². The lowest BCUT2D eigenvalue weighted by molar-refractivity contribution is -0.121. The Morgan fingerprint density at radius 3 is 2.69 bits per heavy atom. The Balaban J connectivity index is 2.72. The van der Waals surface area contributed by atoms with Gasteiger partial charge in [-0.1, -0.05) is 30.7 Å². The van der Waals surface area contributed by atoms with E-state index in [0.717, 1.165) is 12.1 Å². The molecule has 0 saturated carbocycles. The SMILES string of the molecule is CNCC(C)C(=O)Cc1cc(C)ccc1C. The average molecular weight is 219 g/mol. The normalized spacial score (nSPS) is 12.5. The van der Waals surface area contributed by atoms with E-state index in [-0.39, 0.29) is 5.92 Å². The van der Waals surface area contributed by atoms with Crippen molar-refractivity contribution in [3.05, 3.63) is 34.9 Å². The predicted molar refractivity (Wildman–Crippen MR) is 67.7 cm³/mol. The third-order valence-corrected chi connectivity index (χ3v) is 2.93. The lowest BCUT2D eigenvalue weighted by Crippen LogP contribution is -2.25. The monoisotopic (exact) mass is 219 g/mol. The second kappa shape index (κ2) is 5.80. The van der Waals surface area contributed by atoms with Crippen molar-refractivity contribution in [1.29, 1.82) is 0 Å². The minimum absolute atomic E-state index is 0.0879. The molecule has 0 aromatic heterocycles. The predicted octanol–water partition coefficient (Wildman–Crippen LogP) is 2.27. The van der Waals surface area contributed by atoms with E-state index in [2.05, 4.69) is 37.4 Å². The summed E-state index contributed by atoms with van der Waals surface area (Å²) in [5.41, 5.74) is 3.58. The largest absolute Gasteiger partial charge is 0.319 e. The zero-order valence-electron chi connectivity index (χ0n) is 10.6. The maximum absolute atomic E-state index is 11.9. The van der Waals surface area contributed by atoms with Crippen LogP contribution in [-0.4, -0.2) is 19.4 Å². The summed E-state index contributed by atoms with van der Waals surface area (Å²) < 4.78 is 0. The van der Waals surface area contributed by atoms with E-state index in [1.807, 2.05) is 14.0 Å². The molecule has 1 aromatic carbocycles. The van der Waals surface area contributed by atoms with Gasteiger partial charge in [-0.2, -0.15) is 0 Å². The number of hydrogen-bond donors (Lipinski definition) is 1. The molecule has 88 valence electrons. The summed E-state index contributed by atoms with van der Waals surface area (Å²) in [4.78, 5) is 11.9. The highest BCUT2D eigenvalue weighted by Crippen LogP contribution is 2.13. The van der Waals surface area contributed by atoms with E-state index in [9.17, 15) is 4.79 Å². The van der Waals surface area contributed by atoms with Crippen LogP contribution in [0.15, 0.2) is 18.2 Å². The number of rotatable bonds is 5. The highest BCUT2D eigenvalue weighted by molar-refractivity contribution is 5.83. The Labute approximate surface area is 98.1 Å². The van der Waals surface area contributed by atoms with Crippen LogP contribution in [0.25, 0.3) is 0 Å². The van der Waals surface area contributed by atoms with E-state index >= 15 is 0 Å². The molecule has 0 bridgehead atoms. The number of nitrogens with one attached hydrogen (secondary N) is 1. The molecule has 2 heteroatoms. The molecule has 0 amide bonds. The van der Waals surface area contributed by atoms with Gasteiger partial charge >= 0.3 is 0 Å². The molecule has 1 unspecified atom stereocenters. The number of hydrogen-bond acceptors (Lipinski definition) is 2. The van der Waals surface area contributed by atoms with Gasteiger partial charge in [0.25, 0.3) is 0 Å². The summed E-state index contributed by atoms with van der Waals surface area (Å²) in [5.74, 6) is 0.396. The van der Waals surface area contributed by atoms with Gasteiger partial charge < -0.3 is 5.32 Å². The van der Waals surface area contributed by atoms with Crippen molar-refractivity contribution in [3.8, 4) is 0 Å². The van der Waals surface area contributed by atoms with Gasteiger partial charge in [-0.3, -0.25) is 4.79 Å². The summed E-state index contributed by atoms with van der Waals surface area (Å²) in [6, 6.07) is 6.28. The summed E-state index contributed by atoms with van der Waals surface area (Å²) in [7, 11) is 1.88. The maximum Gasteiger partial charge on any atom is 0.141 e. The molecule has 1 N–H and O–H groups in total. The number of Topliss-reactive ketones (excluding diaryl/α,β-unsaturated/α-hetero) is 1. The number of carbonyl (C=O) groups is 1. The zero-order valence-corrected chi connectivity index (χ0v) is 10.6. The second-order valence-electron chi connectivity index (χ2n) is 4.53. The van der Waals surface area contributed by atoms with Crippen LogP contribution in [-0.2, 0) is 11.2 Å². The molecule has 0 fully saturated rings. The molecule has 1 rings (SSSR count).